The summed E-state index contributed by atoms with van der Waals surface area (Å²) in [7, 11) is 2.03. The summed E-state index contributed by atoms with van der Waals surface area (Å²) in [6.45, 7) is 4.40. The predicted octanol–water partition coefficient (Wildman–Crippen LogP) is 3.84. The van der Waals surface area contributed by atoms with E-state index >= 15 is 0 Å². The van der Waals surface area contributed by atoms with E-state index in [9.17, 15) is 0 Å². The molecule has 19 heavy (non-hydrogen) atoms. The Balaban J connectivity index is 2.38. The average molecular weight is 254 g/mol. The van der Waals surface area contributed by atoms with Crippen molar-refractivity contribution in [2.75, 3.05) is 7.05 Å². The summed E-state index contributed by atoms with van der Waals surface area (Å²) < 4.78 is 0. The molecule has 2 unspecified atom stereocenters. The minimum atomic E-state index is 0.307. The van der Waals surface area contributed by atoms with E-state index < -0.39 is 0 Å². The molecule has 1 aromatic heterocycles. The normalized spacial score (nSPS) is 14.1. The van der Waals surface area contributed by atoms with E-state index in [1.807, 2.05) is 19.4 Å². The van der Waals surface area contributed by atoms with Gasteiger partial charge in [0.05, 0.1) is 0 Å². The maximum atomic E-state index is 4.28. The van der Waals surface area contributed by atoms with Crippen molar-refractivity contribution in [2.45, 2.75) is 32.2 Å². The lowest BCUT2D eigenvalue weighted by Gasteiger charge is -2.27. The van der Waals surface area contributed by atoms with Crippen LogP contribution < -0.4 is 5.32 Å². The monoisotopic (exact) mass is 254 g/mol. The first-order valence-electron chi connectivity index (χ1n) is 6.90. The van der Waals surface area contributed by atoms with E-state index in [4.69, 9.17) is 0 Å². The molecule has 1 heterocycles. The maximum absolute atomic E-state index is 4.28. The van der Waals surface area contributed by atoms with Crippen LogP contribution in [-0.2, 0) is 0 Å². The third-order valence-corrected chi connectivity index (χ3v) is 3.80. The molecule has 0 saturated heterocycles. The second kappa shape index (κ2) is 6.48. The molecule has 0 radical (unpaired) electrons. The number of rotatable bonds is 5. The predicted molar refractivity (Wildman–Crippen MR) is 80.2 cm³/mol. The molecule has 2 nitrogen and oxygen atoms in total. The molecule has 1 N–H and O–H groups in total. The Labute approximate surface area is 115 Å². The van der Waals surface area contributed by atoms with E-state index in [0.717, 1.165) is 6.42 Å². The number of likely N-dealkylation sites (N-methyl/N-ethyl adjacent to an activating group) is 1. The number of hydrogen-bond donors (Lipinski definition) is 1. The van der Waals surface area contributed by atoms with Gasteiger partial charge in [-0.3, -0.25) is 4.98 Å². The number of nitrogens with zero attached hydrogens (tertiary/aromatic N) is 1. The van der Waals surface area contributed by atoms with Crippen LogP contribution in [0.25, 0.3) is 0 Å². The average Bonchev–Trinajstić information content (AvgIpc) is 2.46. The molecule has 1 aromatic carbocycles. The van der Waals surface area contributed by atoms with E-state index in [1.165, 1.54) is 16.7 Å². The SMILES string of the molecule is CCC(c1ccccc1)C(NC)c1cnccc1C. The summed E-state index contributed by atoms with van der Waals surface area (Å²) in [5, 5.41) is 3.47. The fourth-order valence-electron chi connectivity index (χ4n) is 2.74. The molecular weight excluding hydrogens is 232 g/mol. The number of aryl methyl sites for hydroxylation is 1. The molecule has 100 valence electrons. The van der Waals surface area contributed by atoms with Crippen molar-refractivity contribution in [2.24, 2.45) is 0 Å². The third-order valence-electron chi connectivity index (χ3n) is 3.80. The first-order chi connectivity index (χ1) is 9.27. The molecule has 0 aliphatic carbocycles. The highest BCUT2D eigenvalue weighted by Crippen LogP contribution is 2.34. The highest BCUT2D eigenvalue weighted by Gasteiger charge is 2.23. The summed E-state index contributed by atoms with van der Waals surface area (Å²) in [6.07, 6.45) is 4.95. The Morgan fingerprint density at radius 2 is 1.89 bits per heavy atom. The number of pyridine rings is 1. The van der Waals surface area contributed by atoms with Crippen molar-refractivity contribution in [3.05, 3.63) is 65.5 Å². The molecule has 2 aromatic rings. The quantitative estimate of drug-likeness (QED) is 0.876. The van der Waals surface area contributed by atoms with Gasteiger partial charge in [0.15, 0.2) is 0 Å². The summed E-state index contributed by atoms with van der Waals surface area (Å²) >= 11 is 0. The van der Waals surface area contributed by atoms with Gasteiger partial charge >= 0.3 is 0 Å². The maximum Gasteiger partial charge on any atom is 0.0405 e. The Hall–Kier alpha value is -1.67. The van der Waals surface area contributed by atoms with Crippen LogP contribution in [0.15, 0.2) is 48.8 Å². The molecule has 0 saturated carbocycles. The summed E-state index contributed by atoms with van der Waals surface area (Å²) in [6, 6.07) is 13.1. The smallest absolute Gasteiger partial charge is 0.0405 e. The van der Waals surface area contributed by atoms with Crippen LogP contribution in [0.4, 0.5) is 0 Å². The van der Waals surface area contributed by atoms with Gasteiger partial charge in [0.1, 0.15) is 0 Å². The lowest BCUT2D eigenvalue weighted by atomic mass is 9.84. The van der Waals surface area contributed by atoms with Gasteiger partial charge in [-0.25, -0.2) is 0 Å². The summed E-state index contributed by atoms with van der Waals surface area (Å²) in [5.74, 6) is 0.467. The Morgan fingerprint density at radius 1 is 1.16 bits per heavy atom. The van der Waals surface area contributed by atoms with Crippen molar-refractivity contribution in [1.29, 1.82) is 0 Å². The second-order valence-corrected chi connectivity index (χ2v) is 4.92. The van der Waals surface area contributed by atoms with Crippen molar-refractivity contribution >= 4 is 0 Å². The van der Waals surface area contributed by atoms with Gasteiger partial charge < -0.3 is 5.32 Å². The van der Waals surface area contributed by atoms with Crippen molar-refractivity contribution in [3.8, 4) is 0 Å². The minimum absolute atomic E-state index is 0.307. The molecular formula is C17H22N2. The largest absolute Gasteiger partial charge is 0.312 e. The first kappa shape index (κ1) is 13.8. The summed E-state index contributed by atoms with van der Waals surface area (Å²) in [4.78, 5) is 4.28. The highest BCUT2D eigenvalue weighted by atomic mass is 14.9. The van der Waals surface area contributed by atoms with E-state index in [2.05, 4.69) is 60.5 Å². The van der Waals surface area contributed by atoms with Crippen LogP contribution in [0.2, 0.25) is 0 Å². The van der Waals surface area contributed by atoms with Crippen molar-refractivity contribution in [1.82, 2.24) is 10.3 Å². The number of hydrogen-bond acceptors (Lipinski definition) is 2. The van der Waals surface area contributed by atoms with Crippen LogP contribution in [-0.4, -0.2) is 12.0 Å². The Bertz CT molecular complexity index is 508. The van der Waals surface area contributed by atoms with Crippen LogP contribution in [0.5, 0.6) is 0 Å². The third kappa shape index (κ3) is 3.02. The highest BCUT2D eigenvalue weighted by molar-refractivity contribution is 5.31. The van der Waals surface area contributed by atoms with Crippen molar-refractivity contribution in [3.63, 3.8) is 0 Å². The topological polar surface area (TPSA) is 24.9 Å². The minimum Gasteiger partial charge on any atom is -0.312 e. The molecule has 0 amide bonds. The van der Waals surface area contributed by atoms with Gasteiger partial charge in [-0.05, 0) is 43.1 Å². The molecule has 0 spiro atoms. The Morgan fingerprint density at radius 3 is 2.47 bits per heavy atom. The lowest BCUT2D eigenvalue weighted by molar-refractivity contribution is 0.465. The van der Waals surface area contributed by atoms with Crippen LogP contribution >= 0.6 is 0 Å². The standard InChI is InChI=1S/C17H22N2/c1-4-15(14-8-6-5-7-9-14)17(18-3)16-12-19-11-10-13(16)2/h5-12,15,17-18H,4H2,1-3H3. The molecule has 2 heteroatoms. The van der Waals surface area contributed by atoms with Crippen LogP contribution in [0.1, 0.15) is 42.0 Å². The number of benzene rings is 1. The zero-order chi connectivity index (χ0) is 13.7. The van der Waals surface area contributed by atoms with Gasteiger partial charge in [0, 0.05) is 24.4 Å². The molecule has 0 aliphatic heterocycles. The molecule has 0 fully saturated rings. The van der Waals surface area contributed by atoms with Crippen LogP contribution in [0, 0.1) is 6.92 Å². The van der Waals surface area contributed by atoms with Crippen molar-refractivity contribution < 1.29 is 0 Å². The first-order valence-corrected chi connectivity index (χ1v) is 6.90. The fraction of sp³-hybridized carbons (Fsp3) is 0.353. The number of nitrogens with one attached hydrogen (secondary N) is 1. The fourth-order valence-corrected chi connectivity index (χ4v) is 2.74. The van der Waals surface area contributed by atoms with E-state index in [0.29, 0.717) is 12.0 Å². The number of aromatic nitrogens is 1. The molecule has 2 atom stereocenters. The molecule has 0 bridgehead atoms. The Kier molecular flexibility index (Phi) is 4.69. The van der Waals surface area contributed by atoms with E-state index in [-0.39, 0.29) is 0 Å². The molecule has 2 rings (SSSR count). The second-order valence-electron chi connectivity index (χ2n) is 4.92. The van der Waals surface area contributed by atoms with Gasteiger partial charge in [-0.15, -0.1) is 0 Å². The van der Waals surface area contributed by atoms with E-state index in [1.54, 1.807) is 0 Å². The zero-order valence-electron chi connectivity index (χ0n) is 11.9. The van der Waals surface area contributed by atoms with Gasteiger partial charge in [0.2, 0.25) is 0 Å². The van der Waals surface area contributed by atoms with Crippen LogP contribution in [0.3, 0.4) is 0 Å². The summed E-state index contributed by atoms with van der Waals surface area (Å²) in [5.41, 5.74) is 3.97. The van der Waals surface area contributed by atoms with Gasteiger partial charge in [0.25, 0.3) is 0 Å². The van der Waals surface area contributed by atoms with Gasteiger partial charge in [-0.1, -0.05) is 37.3 Å². The molecule has 0 aliphatic rings. The lowest BCUT2D eigenvalue weighted by Crippen LogP contribution is -2.24. The van der Waals surface area contributed by atoms with Gasteiger partial charge in [-0.2, -0.15) is 0 Å². The zero-order valence-corrected chi connectivity index (χ0v) is 11.9.